The fourth-order valence-electron chi connectivity index (χ4n) is 2.90. The third-order valence-electron chi connectivity index (χ3n) is 3.99. The lowest BCUT2D eigenvalue weighted by Crippen LogP contribution is -2.21. The zero-order chi connectivity index (χ0) is 14.7. The number of benzene rings is 1. The Kier molecular flexibility index (Phi) is 3.86. The molecule has 1 aromatic heterocycles. The van der Waals surface area contributed by atoms with Crippen molar-refractivity contribution in [2.45, 2.75) is 25.7 Å². The van der Waals surface area contributed by atoms with Crippen LogP contribution >= 0.6 is 0 Å². The summed E-state index contributed by atoms with van der Waals surface area (Å²) in [5, 5.41) is 2.88. The normalized spacial score (nSPS) is 17.0. The number of carbonyl (C=O) groups excluding carboxylic acids is 1. The van der Waals surface area contributed by atoms with E-state index in [1.807, 2.05) is 0 Å². The fourth-order valence-corrected chi connectivity index (χ4v) is 2.90. The SMILES string of the molecule is Nc1ccc(NC(=O)CC2CCc3ccccc3C2)cn1. The molecule has 3 N–H and O–H groups in total. The van der Waals surface area contributed by atoms with E-state index in [-0.39, 0.29) is 5.91 Å². The molecule has 0 saturated heterocycles. The van der Waals surface area contributed by atoms with Gasteiger partial charge < -0.3 is 11.1 Å². The third-order valence-corrected chi connectivity index (χ3v) is 3.99. The number of amides is 1. The Hall–Kier alpha value is -2.36. The maximum Gasteiger partial charge on any atom is 0.224 e. The molecule has 0 saturated carbocycles. The van der Waals surface area contributed by atoms with E-state index in [0.717, 1.165) is 19.3 Å². The molecule has 1 atom stereocenters. The number of fused-ring (bicyclic) bond motifs is 1. The second-order valence-corrected chi connectivity index (χ2v) is 5.60. The number of rotatable bonds is 3. The van der Waals surface area contributed by atoms with Gasteiger partial charge in [0.1, 0.15) is 5.82 Å². The van der Waals surface area contributed by atoms with Crippen LogP contribution in [0.3, 0.4) is 0 Å². The number of nitrogen functional groups attached to an aromatic ring is 1. The predicted octanol–water partition coefficient (Wildman–Crippen LogP) is 2.80. The van der Waals surface area contributed by atoms with Gasteiger partial charge in [0.15, 0.2) is 0 Å². The second kappa shape index (κ2) is 5.95. The minimum atomic E-state index is 0.0472. The van der Waals surface area contributed by atoms with Crippen LogP contribution in [-0.4, -0.2) is 10.9 Å². The first-order valence-electron chi connectivity index (χ1n) is 7.29. The predicted molar refractivity (Wildman–Crippen MR) is 83.9 cm³/mol. The van der Waals surface area contributed by atoms with Crippen LogP contribution in [-0.2, 0) is 17.6 Å². The number of hydrogen-bond acceptors (Lipinski definition) is 3. The second-order valence-electron chi connectivity index (χ2n) is 5.60. The molecular formula is C17H19N3O. The molecule has 0 aliphatic heterocycles. The molecule has 4 heteroatoms. The van der Waals surface area contributed by atoms with Crippen molar-refractivity contribution in [1.29, 1.82) is 0 Å². The number of pyridine rings is 1. The highest BCUT2D eigenvalue weighted by atomic mass is 16.1. The van der Waals surface area contributed by atoms with E-state index in [2.05, 4.69) is 34.6 Å². The van der Waals surface area contributed by atoms with Gasteiger partial charge in [-0.25, -0.2) is 4.98 Å². The van der Waals surface area contributed by atoms with Crippen molar-refractivity contribution in [3.63, 3.8) is 0 Å². The minimum Gasteiger partial charge on any atom is -0.384 e. The van der Waals surface area contributed by atoms with E-state index in [1.54, 1.807) is 18.3 Å². The summed E-state index contributed by atoms with van der Waals surface area (Å²) >= 11 is 0. The van der Waals surface area contributed by atoms with Crippen molar-refractivity contribution in [2.24, 2.45) is 5.92 Å². The Labute approximate surface area is 124 Å². The molecule has 1 aliphatic carbocycles. The van der Waals surface area contributed by atoms with E-state index in [4.69, 9.17) is 5.73 Å². The largest absolute Gasteiger partial charge is 0.384 e. The first-order valence-corrected chi connectivity index (χ1v) is 7.29. The molecule has 4 nitrogen and oxygen atoms in total. The van der Waals surface area contributed by atoms with E-state index < -0.39 is 0 Å². The highest BCUT2D eigenvalue weighted by Crippen LogP contribution is 2.27. The van der Waals surface area contributed by atoms with E-state index >= 15 is 0 Å². The third kappa shape index (κ3) is 3.40. The van der Waals surface area contributed by atoms with Gasteiger partial charge in [-0.05, 0) is 48.4 Å². The fraction of sp³-hybridized carbons (Fsp3) is 0.294. The first kappa shape index (κ1) is 13.6. The van der Waals surface area contributed by atoms with Gasteiger partial charge in [0.2, 0.25) is 5.91 Å². The van der Waals surface area contributed by atoms with Crippen LogP contribution in [0.5, 0.6) is 0 Å². The highest BCUT2D eigenvalue weighted by Gasteiger charge is 2.20. The number of carbonyl (C=O) groups is 1. The summed E-state index contributed by atoms with van der Waals surface area (Å²) in [7, 11) is 0. The van der Waals surface area contributed by atoms with E-state index in [1.165, 1.54) is 11.1 Å². The molecule has 1 heterocycles. The van der Waals surface area contributed by atoms with Gasteiger partial charge in [0.25, 0.3) is 0 Å². The van der Waals surface area contributed by atoms with Gasteiger partial charge in [-0.2, -0.15) is 0 Å². The first-order chi connectivity index (χ1) is 10.2. The molecule has 1 unspecified atom stereocenters. The Morgan fingerprint density at radius 1 is 1.24 bits per heavy atom. The maximum atomic E-state index is 12.1. The maximum absolute atomic E-state index is 12.1. The molecule has 0 fully saturated rings. The molecule has 0 spiro atoms. The summed E-state index contributed by atoms with van der Waals surface area (Å²) in [6.07, 6.45) is 5.27. The number of aromatic nitrogens is 1. The van der Waals surface area contributed by atoms with Crippen molar-refractivity contribution < 1.29 is 4.79 Å². The highest BCUT2D eigenvalue weighted by molar-refractivity contribution is 5.90. The number of aryl methyl sites for hydroxylation is 1. The lowest BCUT2D eigenvalue weighted by atomic mass is 9.82. The molecule has 1 amide bonds. The minimum absolute atomic E-state index is 0.0472. The standard InChI is InChI=1S/C17H19N3O/c18-16-8-7-15(11-19-16)20-17(21)10-12-5-6-13-3-1-2-4-14(13)9-12/h1-4,7-8,11-12H,5-6,9-10H2,(H2,18,19)(H,20,21). The Morgan fingerprint density at radius 3 is 2.81 bits per heavy atom. The van der Waals surface area contributed by atoms with Crippen LogP contribution in [0.2, 0.25) is 0 Å². The zero-order valence-electron chi connectivity index (χ0n) is 11.9. The van der Waals surface area contributed by atoms with E-state index in [0.29, 0.717) is 23.8 Å². The summed E-state index contributed by atoms with van der Waals surface area (Å²) in [6.45, 7) is 0. The van der Waals surface area contributed by atoms with Crippen LogP contribution < -0.4 is 11.1 Å². The molecule has 0 bridgehead atoms. The average Bonchev–Trinajstić information content (AvgIpc) is 2.49. The van der Waals surface area contributed by atoms with Gasteiger partial charge in [0, 0.05) is 6.42 Å². The summed E-state index contributed by atoms with van der Waals surface area (Å²) in [4.78, 5) is 16.1. The molecule has 1 aromatic carbocycles. The molecular weight excluding hydrogens is 262 g/mol. The van der Waals surface area contributed by atoms with Crippen LogP contribution in [0.1, 0.15) is 24.0 Å². The number of nitrogens with two attached hydrogens (primary N) is 1. The molecule has 108 valence electrons. The van der Waals surface area contributed by atoms with Crippen LogP contribution in [0.15, 0.2) is 42.6 Å². The van der Waals surface area contributed by atoms with Crippen LogP contribution in [0, 0.1) is 5.92 Å². The van der Waals surface area contributed by atoms with Crippen LogP contribution in [0.25, 0.3) is 0 Å². The lowest BCUT2D eigenvalue weighted by Gasteiger charge is -2.24. The van der Waals surface area contributed by atoms with Gasteiger partial charge in [0.05, 0.1) is 11.9 Å². The Bertz CT molecular complexity index is 637. The van der Waals surface area contributed by atoms with Gasteiger partial charge in [-0.1, -0.05) is 24.3 Å². The summed E-state index contributed by atoms with van der Waals surface area (Å²) in [5.74, 6) is 0.921. The van der Waals surface area contributed by atoms with Crippen molar-refractivity contribution >= 4 is 17.4 Å². The molecule has 2 aromatic rings. The molecule has 3 rings (SSSR count). The molecule has 0 radical (unpaired) electrons. The van der Waals surface area contributed by atoms with Crippen molar-refractivity contribution in [2.75, 3.05) is 11.1 Å². The number of hydrogen-bond donors (Lipinski definition) is 2. The quantitative estimate of drug-likeness (QED) is 0.909. The van der Waals surface area contributed by atoms with Crippen LogP contribution in [0.4, 0.5) is 11.5 Å². The van der Waals surface area contributed by atoms with Crippen molar-refractivity contribution in [3.8, 4) is 0 Å². The Morgan fingerprint density at radius 2 is 2.05 bits per heavy atom. The van der Waals surface area contributed by atoms with Gasteiger partial charge in [-0.3, -0.25) is 4.79 Å². The average molecular weight is 281 g/mol. The van der Waals surface area contributed by atoms with Gasteiger partial charge >= 0.3 is 0 Å². The van der Waals surface area contributed by atoms with Crippen molar-refractivity contribution in [1.82, 2.24) is 4.98 Å². The molecule has 1 aliphatic rings. The summed E-state index contributed by atoms with van der Waals surface area (Å²) in [5.41, 5.74) is 9.04. The number of anilines is 2. The number of nitrogens with one attached hydrogen (secondary N) is 1. The van der Waals surface area contributed by atoms with E-state index in [9.17, 15) is 4.79 Å². The lowest BCUT2D eigenvalue weighted by molar-refractivity contribution is -0.117. The van der Waals surface area contributed by atoms with Gasteiger partial charge in [-0.15, -0.1) is 0 Å². The Balaban J connectivity index is 1.57. The monoisotopic (exact) mass is 281 g/mol. The summed E-state index contributed by atoms with van der Waals surface area (Å²) < 4.78 is 0. The topological polar surface area (TPSA) is 68.0 Å². The smallest absolute Gasteiger partial charge is 0.224 e. The number of nitrogens with zero attached hydrogens (tertiary/aromatic N) is 1. The van der Waals surface area contributed by atoms with Crippen molar-refractivity contribution in [3.05, 3.63) is 53.7 Å². The summed E-state index contributed by atoms with van der Waals surface area (Å²) in [6, 6.07) is 12.0. The zero-order valence-corrected chi connectivity index (χ0v) is 11.9. The molecule has 21 heavy (non-hydrogen) atoms.